The van der Waals surface area contributed by atoms with E-state index in [1.54, 1.807) is 18.3 Å². The second-order valence-electron chi connectivity index (χ2n) is 4.24. The number of aromatic nitrogens is 1. The molecule has 0 fully saturated rings. The highest BCUT2D eigenvalue weighted by Gasteiger charge is 2.01. The summed E-state index contributed by atoms with van der Waals surface area (Å²) in [5.74, 6) is 0.184. The van der Waals surface area contributed by atoms with Crippen LogP contribution in [0, 0.1) is 0 Å². The summed E-state index contributed by atoms with van der Waals surface area (Å²) in [4.78, 5) is 15.3. The number of nitrogens with one attached hydrogen (secondary N) is 1. The van der Waals surface area contributed by atoms with Crippen molar-refractivity contribution < 1.29 is 9.53 Å². The van der Waals surface area contributed by atoms with Crippen LogP contribution in [0.5, 0.6) is 5.88 Å². The number of carbonyl (C=O) groups excluding carboxylic acids is 1. The average molecular weight is 271 g/mol. The van der Waals surface area contributed by atoms with Crippen LogP contribution in [0.25, 0.3) is 0 Å². The van der Waals surface area contributed by atoms with Crippen LogP contribution in [0.4, 0.5) is 5.69 Å². The van der Waals surface area contributed by atoms with Crippen molar-refractivity contribution in [3.8, 4) is 5.88 Å². The molecule has 1 amide bonds. The van der Waals surface area contributed by atoms with Crippen molar-refractivity contribution in [2.45, 2.75) is 13.5 Å². The summed E-state index contributed by atoms with van der Waals surface area (Å²) in [7, 11) is 0. The van der Waals surface area contributed by atoms with Crippen LogP contribution < -0.4 is 15.8 Å². The van der Waals surface area contributed by atoms with E-state index in [9.17, 15) is 4.79 Å². The predicted octanol–water partition coefficient (Wildman–Crippen LogP) is 2.19. The molecule has 2 aromatic rings. The fourth-order valence-corrected chi connectivity index (χ4v) is 1.76. The van der Waals surface area contributed by atoms with Crippen molar-refractivity contribution in [1.29, 1.82) is 0 Å². The zero-order chi connectivity index (χ0) is 14.4. The fraction of sp³-hybridized carbons (Fsp3) is 0.200. The molecule has 104 valence electrons. The monoisotopic (exact) mass is 271 g/mol. The summed E-state index contributed by atoms with van der Waals surface area (Å²) in [6.07, 6.45) is 1.71. The first-order valence-electron chi connectivity index (χ1n) is 6.40. The van der Waals surface area contributed by atoms with Crippen LogP contribution in [0.3, 0.4) is 0 Å². The van der Waals surface area contributed by atoms with Crippen LogP contribution >= 0.6 is 0 Å². The van der Waals surface area contributed by atoms with Crippen LogP contribution in [-0.4, -0.2) is 17.5 Å². The number of hydrogen-bond acceptors (Lipinski definition) is 4. The van der Waals surface area contributed by atoms with Gasteiger partial charge in [0.25, 0.3) is 0 Å². The topological polar surface area (TPSA) is 77.2 Å². The number of benzene rings is 1. The minimum Gasteiger partial charge on any atom is -0.478 e. The number of hydrogen-bond donors (Lipinski definition) is 2. The number of pyridine rings is 1. The zero-order valence-corrected chi connectivity index (χ0v) is 11.3. The average Bonchev–Trinajstić information content (AvgIpc) is 2.47. The Balaban J connectivity index is 1.97. The van der Waals surface area contributed by atoms with E-state index in [0.717, 1.165) is 11.3 Å². The SMILES string of the molecule is CCOc1ccc(NCc2cccc(C(N)=O)c2)cn1. The van der Waals surface area contributed by atoms with E-state index in [4.69, 9.17) is 10.5 Å². The van der Waals surface area contributed by atoms with Gasteiger partial charge in [-0.1, -0.05) is 12.1 Å². The lowest BCUT2D eigenvalue weighted by Gasteiger charge is -2.08. The van der Waals surface area contributed by atoms with E-state index >= 15 is 0 Å². The predicted molar refractivity (Wildman–Crippen MR) is 77.7 cm³/mol. The molecule has 0 spiro atoms. The van der Waals surface area contributed by atoms with Gasteiger partial charge < -0.3 is 15.8 Å². The van der Waals surface area contributed by atoms with Gasteiger partial charge in [-0.15, -0.1) is 0 Å². The maximum absolute atomic E-state index is 11.1. The van der Waals surface area contributed by atoms with E-state index in [1.165, 1.54) is 0 Å². The Morgan fingerprint density at radius 2 is 2.20 bits per heavy atom. The highest BCUT2D eigenvalue weighted by atomic mass is 16.5. The van der Waals surface area contributed by atoms with Crippen LogP contribution in [0.2, 0.25) is 0 Å². The van der Waals surface area contributed by atoms with Crippen LogP contribution in [-0.2, 0) is 6.54 Å². The van der Waals surface area contributed by atoms with E-state index < -0.39 is 5.91 Å². The number of rotatable bonds is 6. The van der Waals surface area contributed by atoms with Crippen molar-refractivity contribution in [3.05, 3.63) is 53.7 Å². The maximum Gasteiger partial charge on any atom is 0.248 e. The standard InChI is InChI=1S/C15H17N3O2/c1-2-20-14-7-6-13(10-18-14)17-9-11-4-3-5-12(8-11)15(16)19/h3-8,10,17H,2,9H2,1H3,(H2,16,19). The Labute approximate surface area is 117 Å². The summed E-state index contributed by atoms with van der Waals surface area (Å²) in [6, 6.07) is 10.9. The fourth-order valence-electron chi connectivity index (χ4n) is 1.76. The minimum absolute atomic E-state index is 0.422. The van der Waals surface area contributed by atoms with Gasteiger partial charge in [0, 0.05) is 18.2 Å². The number of amides is 1. The molecule has 0 unspecified atom stereocenters. The molecular weight excluding hydrogens is 254 g/mol. The molecule has 1 aromatic carbocycles. The van der Waals surface area contributed by atoms with E-state index in [-0.39, 0.29) is 0 Å². The number of nitrogens with zero attached hydrogens (tertiary/aromatic N) is 1. The number of ether oxygens (including phenoxy) is 1. The maximum atomic E-state index is 11.1. The second kappa shape index (κ2) is 6.56. The molecule has 0 aliphatic carbocycles. The first-order chi connectivity index (χ1) is 9.69. The van der Waals surface area contributed by atoms with Crippen molar-refractivity contribution in [2.24, 2.45) is 5.73 Å². The molecule has 5 nitrogen and oxygen atoms in total. The van der Waals surface area contributed by atoms with Gasteiger partial charge in [0.1, 0.15) is 0 Å². The normalized spacial score (nSPS) is 10.1. The van der Waals surface area contributed by atoms with Crippen LogP contribution in [0.1, 0.15) is 22.8 Å². The first-order valence-corrected chi connectivity index (χ1v) is 6.40. The van der Waals surface area contributed by atoms with E-state index in [1.807, 2.05) is 31.2 Å². The molecule has 1 heterocycles. The molecule has 0 aliphatic heterocycles. The third kappa shape index (κ3) is 3.71. The lowest BCUT2D eigenvalue weighted by molar-refractivity contribution is 0.1000. The summed E-state index contributed by atoms with van der Waals surface area (Å²) in [5.41, 5.74) is 7.63. The van der Waals surface area contributed by atoms with Gasteiger partial charge in [0.15, 0.2) is 0 Å². The Hall–Kier alpha value is -2.56. The summed E-state index contributed by atoms with van der Waals surface area (Å²) in [5, 5.41) is 3.23. The smallest absolute Gasteiger partial charge is 0.248 e. The van der Waals surface area contributed by atoms with Crippen molar-refractivity contribution in [1.82, 2.24) is 4.98 Å². The Kier molecular flexibility index (Phi) is 4.55. The molecule has 20 heavy (non-hydrogen) atoms. The van der Waals surface area contributed by atoms with Gasteiger partial charge >= 0.3 is 0 Å². The molecule has 0 aliphatic rings. The number of anilines is 1. The van der Waals surface area contributed by atoms with Gasteiger partial charge in [-0.3, -0.25) is 4.79 Å². The van der Waals surface area contributed by atoms with Crippen molar-refractivity contribution in [2.75, 3.05) is 11.9 Å². The lowest BCUT2D eigenvalue weighted by Crippen LogP contribution is -2.11. The van der Waals surface area contributed by atoms with E-state index in [0.29, 0.717) is 24.6 Å². The van der Waals surface area contributed by atoms with E-state index in [2.05, 4.69) is 10.3 Å². The zero-order valence-electron chi connectivity index (χ0n) is 11.3. The molecule has 0 bridgehead atoms. The largest absolute Gasteiger partial charge is 0.478 e. The van der Waals surface area contributed by atoms with Gasteiger partial charge in [0.05, 0.1) is 18.5 Å². The summed E-state index contributed by atoms with van der Waals surface area (Å²) < 4.78 is 5.28. The molecule has 5 heteroatoms. The van der Waals surface area contributed by atoms with Gasteiger partial charge in [0.2, 0.25) is 11.8 Å². The minimum atomic E-state index is -0.422. The Bertz CT molecular complexity index is 582. The van der Waals surface area contributed by atoms with Gasteiger partial charge in [-0.2, -0.15) is 0 Å². The quantitative estimate of drug-likeness (QED) is 0.844. The highest BCUT2D eigenvalue weighted by Crippen LogP contribution is 2.13. The Morgan fingerprint density at radius 1 is 1.35 bits per heavy atom. The molecule has 0 radical (unpaired) electrons. The molecule has 2 rings (SSSR count). The molecule has 3 N–H and O–H groups in total. The number of primary amides is 1. The third-order valence-corrected chi connectivity index (χ3v) is 2.74. The first kappa shape index (κ1) is 13.9. The third-order valence-electron chi connectivity index (χ3n) is 2.74. The van der Waals surface area contributed by atoms with Crippen molar-refractivity contribution in [3.63, 3.8) is 0 Å². The second-order valence-corrected chi connectivity index (χ2v) is 4.24. The van der Waals surface area contributed by atoms with Gasteiger partial charge in [-0.25, -0.2) is 4.98 Å². The molecule has 0 saturated carbocycles. The highest BCUT2D eigenvalue weighted by molar-refractivity contribution is 5.92. The van der Waals surface area contributed by atoms with Gasteiger partial charge in [-0.05, 0) is 30.7 Å². The van der Waals surface area contributed by atoms with Crippen LogP contribution in [0.15, 0.2) is 42.6 Å². The Morgan fingerprint density at radius 3 is 2.85 bits per heavy atom. The summed E-state index contributed by atoms with van der Waals surface area (Å²) in [6.45, 7) is 3.11. The van der Waals surface area contributed by atoms with Crippen molar-refractivity contribution >= 4 is 11.6 Å². The molecule has 0 atom stereocenters. The molecule has 0 saturated heterocycles. The number of nitrogens with two attached hydrogens (primary N) is 1. The lowest BCUT2D eigenvalue weighted by atomic mass is 10.1. The molecular formula is C15H17N3O2. The summed E-state index contributed by atoms with van der Waals surface area (Å²) >= 11 is 0. The number of carbonyl (C=O) groups is 1. The molecule has 1 aromatic heterocycles.